The second-order valence-electron chi connectivity index (χ2n) is 5.62. The van der Waals surface area contributed by atoms with Crippen molar-refractivity contribution in [1.82, 2.24) is 9.66 Å². The van der Waals surface area contributed by atoms with Gasteiger partial charge in [0.1, 0.15) is 4.90 Å². The number of aromatic amines is 1. The number of nitrogens with one attached hydrogen (secondary N) is 2. The van der Waals surface area contributed by atoms with Gasteiger partial charge in [0, 0.05) is 5.56 Å². The van der Waals surface area contributed by atoms with Crippen molar-refractivity contribution in [2.45, 2.75) is 9.79 Å². The highest BCUT2D eigenvalue weighted by Gasteiger charge is 2.18. The molecule has 2 aromatic carbocycles. The summed E-state index contributed by atoms with van der Waals surface area (Å²) in [7, 11) is -8.05. The van der Waals surface area contributed by atoms with Gasteiger partial charge in [0.05, 0.1) is 21.0 Å². The highest BCUT2D eigenvalue weighted by molar-refractivity contribution is 7.89. The molecule has 0 saturated carbocycles. The van der Waals surface area contributed by atoms with E-state index in [2.05, 4.69) is 10.4 Å². The first-order chi connectivity index (χ1) is 12.9. The third-order valence-corrected chi connectivity index (χ3v) is 6.28. The monoisotopic (exact) mass is 461 g/mol. The summed E-state index contributed by atoms with van der Waals surface area (Å²) < 4.78 is 47.3. The van der Waals surface area contributed by atoms with Crippen LogP contribution in [0.1, 0.15) is 10.4 Å². The van der Waals surface area contributed by atoms with E-state index in [0.29, 0.717) is 11.0 Å². The quantitative estimate of drug-likeness (QED) is 0.422. The Morgan fingerprint density at radius 3 is 2.36 bits per heavy atom. The standard InChI is InChI=1S/C14H12ClN5O5S3/c15-9-3-1-7(5-12(9)28(17,24)25)13(21)19-20-11-4-2-8(27(16,22)23)6-10(11)18-14(20)26/h1-6H,(H,18,26)(H,19,21)(H2,16,22,23)(H2,17,24,25). The molecule has 0 aliphatic carbocycles. The number of amides is 1. The van der Waals surface area contributed by atoms with E-state index in [1.807, 2.05) is 0 Å². The van der Waals surface area contributed by atoms with Crippen molar-refractivity contribution < 1.29 is 21.6 Å². The fraction of sp³-hybridized carbons (Fsp3) is 0. The predicted octanol–water partition coefficient (Wildman–Crippen LogP) is 1.03. The molecule has 10 nitrogen and oxygen atoms in total. The average Bonchev–Trinajstić information content (AvgIpc) is 2.88. The van der Waals surface area contributed by atoms with E-state index < -0.39 is 30.8 Å². The molecule has 0 atom stereocenters. The number of primary sulfonamides is 2. The number of nitrogens with zero attached hydrogens (tertiary/aromatic N) is 1. The predicted molar refractivity (Wildman–Crippen MR) is 105 cm³/mol. The molecule has 1 aromatic heterocycles. The number of carbonyl (C=O) groups excluding carboxylic acids is 1. The maximum atomic E-state index is 12.5. The first kappa shape index (κ1) is 20.4. The van der Waals surface area contributed by atoms with Crippen LogP contribution in [0.4, 0.5) is 0 Å². The summed E-state index contributed by atoms with van der Waals surface area (Å²) in [5.74, 6) is -0.700. The van der Waals surface area contributed by atoms with E-state index in [1.165, 1.54) is 35.0 Å². The van der Waals surface area contributed by atoms with Gasteiger partial charge in [-0.25, -0.2) is 31.8 Å². The van der Waals surface area contributed by atoms with Gasteiger partial charge in [0.25, 0.3) is 5.91 Å². The van der Waals surface area contributed by atoms with Gasteiger partial charge in [0.15, 0.2) is 4.77 Å². The zero-order valence-corrected chi connectivity index (χ0v) is 16.9. The summed E-state index contributed by atoms with van der Waals surface area (Å²) in [5, 5.41) is 10.1. The number of hydrogen-bond acceptors (Lipinski definition) is 6. The van der Waals surface area contributed by atoms with Crippen molar-refractivity contribution >= 4 is 60.8 Å². The van der Waals surface area contributed by atoms with Crippen LogP contribution in [0.5, 0.6) is 0 Å². The number of fused-ring (bicyclic) bond motifs is 1. The molecule has 0 radical (unpaired) electrons. The normalized spacial score (nSPS) is 12.2. The number of sulfonamides is 2. The van der Waals surface area contributed by atoms with Crippen molar-refractivity contribution in [3.8, 4) is 0 Å². The van der Waals surface area contributed by atoms with Gasteiger partial charge in [-0.2, -0.15) is 0 Å². The maximum absolute atomic E-state index is 12.5. The molecule has 0 bridgehead atoms. The molecule has 0 spiro atoms. The van der Waals surface area contributed by atoms with Crippen LogP contribution in [0, 0.1) is 4.77 Å². The second kappa shape index (κ2) is 6.95. The molecule has 0 fully saturated rings. The first-order valence-corrected chi connectivity index (χ1v) is 11.2. The molecule has 0 saturated heterocycles. The zero-order chi connectivity index (χ0) is 20.9. The van der Waals surface area contributed by atoms with Crippen molar-refractivity contribution in [3.05, 3.63) is 51.8 Å². The molecule has 3 rings (SSSR count). The fourth-order valence-corrected chi connectivity index (χ4v) is 4.27. The molecule has 1 heterocycles. The lowest BCUT2D eigenvalue weighted by Crippen LogP contribution is -2.23. The van der Waals surface area contributed by atoms with Crippen molar-refractivity contribution in [3.63, 3.8) is 0 Å². The van der Waals surface area contributed by atoms with E-state index >= 15 is 0 Å². The smallest absolute Gasteiger partial charge is 0.270 e. The Balaban J connectivity index is 2.03. The Hall–Kier alpha value is -2.29. The molecule has 14 heteroatoms. The van der Waals surface area contributed by atoms with Gasteiger partial charge in [-0.15, -0.1) is 0 Å². The van der Waals surface area contributed by atoms with Crippen LogP contribution < -0.4 is 15.7 Å². The summed E-state index contributed by atoms with van der Waals surface area (Å²) in [6.45, 7) is 0. The van der Waals surface area contributed by atoms with Crippen LogP contribution in [-0.2, 0) is 20.0 Å². The molecular weight excluding hydrogens is 450 g/mol. The van der Waals surface area contributed by atoms with Crippen molar-refractivity contribution in [1.29, 1.82) is 0 Å². The third-order valence-electron chi connectivity index (χ3n) is 3.70. The number of aromatic nitrogens is 2. The molecule has 3 aromatic rings. The molecule has 0 aliphatic heterocycles. The van der Waals surface area contributed by atoms with E-state index in [-0.39, 0.29) is 20.3 Å². The number of hydrogen-bond donors (Lipinski definition) is 4. The number of benzene rings is 2. The van der Waals surface area contributed by atoms with Crippen molar-refractivity contribution in [2.75, 3.05) is 5.43 Å². The number of halogens is 1. The van der Waals surface area contributed by atoms with Gasteiger partial charge in [-0.05, 0) is 48.6 Å². The molecule has 1 amide bonds. The van der Waals surface area contributed by atoms with E-state index in [1.54, 1.807) is 0 Å². The number of nitrogens with two attached hydrogens (primary N) is 2. The molecular formula is C14H12ClN5O5S3. The lowest BCUT2D eigenvalue weighted by atomic mass is 10.2. The van der Waals surface area contributed by atoms with Crippen LogP contribution >= 0.6 is 23.8 Å². The van der Waals surface area contributed by atoms with Crippen LogP contribution in [0.2, 0.25) is 5.02 Å². The van der Waals surface area contributed by atoms with Gasteiger partial charge in [-0.3, -0.25) is 10.2 Å². The van der Waals surface area contributed by atoms with Gasteiger partial charge in [-0.1, -0.05) is 11.6 Å². The summed E-state index contributed by atoms with van der Waals surface area (Å²) >= 11 is 10.9. The lowest BCUT2D eigenvalue weighted by molar-refractivity contribution is 0.101. The summed E-state index contributed by atoms with van der Waals surface area (Å²) in [6, 6.07) is 7.49. The third kappa shape index (κ3) is 3.94. The molecule has 28 heavy (non-hydrogen) atoms. The Morgan fingerprint density at radius 1 is 1.07 bits per heavy atom. The van der Waals surface area contributed by atoms with Gasteiger partial charge in [0.2, 0.25) is 20.0 Å². The molecule has 0 aliphatic rings. The minimum absolute atomic E-state index is 0.0363. The number of carbonyl (C=O) groups is 1. The Bertz CT molecular complexity index is 1390. The summed E-state index contributed by atoms with van der Waals surface area (Å²) in [6.07, 6.45) is 0. The van der Waals surface area contributed by atoms with E-state index in [0.717, 1.165) is 6.07 Å². The lowest BCUT2D eigenvalue weighted by Gasteiger charge is -2.09. The Kier molecular flexibility index (Phi) is 5.07. The van der Waals surface area contributed by atoms with Crippen LogP contribution in [0.25, 0.3) is 11.0 Å². The number of imidazole rings is 1. The molecule has 0 unspecified atom stereocenters. The Morgan fingerprint density at radius 2 is 1.75 bits per heavy atom. The molecule has 6 N–H and O–H groups in total. The van der Waals surface area contributed by atoms with Crippen LogP contribution in [-0.4, -0.2) is 32.4 Å². The van der Waals surface area contributed by atoms with Crippen molar-refractivity contribution in [2.24, 2.45) is 10.3 Å². The topological polar surface area (TPSA) is 170 Å². The average molecular weight is 462 g/mol. The maximum Gasteiger partial charge on any atom is 0.270 e. The summed E-state index contributed by atoms with van der Waals surface area (Å²) in [5.41, 5.74) is 3.14. The number of H-pyrrole nitrogens is 1. The largest absolute Gasteiger partial charge is 0.329 e. The fourth-order valence-electron chi connectivity index (χ4n) is 2.41. The van der Waals surface area contributed by atoms with Gasteiger partial charge >= 0.3 is 0 Å². The minimum atomic E-state index is -4.13. The highest BCUT2D eigenvalue weighted by atomic mass is 35.5. The number of rotatable bonds is 4. The van der Waals surface area contributed by atoms with Gasteiger partial charge < -0.3 is 4.98 Å². The minimum Gasteiger partial charge on any atom is -0.329 e. The molecule has 148 valence electrons. The van der Waals surface area contributed by atoms with Crippen LogP contribution in [0.15, 0.2) is 46.2 Å². The highest BCUT2D eigenvalue weighted by Crippen LogP contribution is 2.22. The Labute approximate surface area is 169 Å². The first-order valence-electron chi connectivity index (χ1n) is 7.29. The van der Waals surface area contributed by atoms with Crippen LogP contribution in [0.3, 0.4) is 0 Å². The second-order valence-corrected chi connectivity index (χ2v) is 9.51. The van der Waals surface area contributed by atoms with E-state index in [9.17, 15) is 21.6 Å². The SMILES string of the molecule is NS(=O)(=O)c1ccc2c(c1)[nH]c(=S)n2NC(=O)c1ccc(Cl)c(S(N)(=O)=O)c1. The summed E-state index contributed by atoms with van der Waals surface area (Å²) in [4.78, 5) is 14.8. The zero-order valence-electron chi connectivity index (χ0n) is 13.7. The van der Waals surface area contributed by atoms with E-state index in [4.69, 9.17) is 34.1 Å².